The van der Waals surface area contributed by atoms with Gasteiger partial charge in [-0.3, -0.25) is 4.79 Å². The highest BCUT2D eigenvalue weighted by Gasteiger charge is 2.23. The topological polar surface area (TPSA) is 63.4 Å². The number of amides is 1. The normalized spacial score (nSPS) is 15.4. The minimum Gasteiger partial charge on any atom is -0.342 e. The van der Waals surface area contributed by atoms with E-state index in [0.717, 1.165) is 48.4 Å². The fourth-order valence-corrected chi connectivity index (χ4v) is 3.83. The van der Waals surface area contributed by atoms with Gasteiger partial charge in [0.1, 0.15) is 0 Å². The van der Waals surface area contributed by atoms with Crippen molar-refractivity contribution in [2.75, 3.05) is 13.1 Å². The van der Waals surface area contributed by atoms with Gasteiger partial charge in [-0.25, -0.2) is 9.50 Å². The number of nitrogens with zero attached hydrogens (tertiary/aromatic N) is 5. The molecule has 4 rings (SSSR count). The Labute approximate surface area is 169 Å². The van der Waals surface area contributed by atoms with Gasteiger partial charge in [-0.2, -0.15) is 4.98 Å². The van der Waals surface area contributed by atoms with Crippen molar-refractivity contribution in [3.63, 3.8) is 0 Å². The second-order valence-electron chi connectivity index (χ2n) is 7.66. The first kappa shape index (κ1) is 18.9. The van der Waals surface area contributed by atoms with E-state index in [-0.39, 0.29) is 5.91 Å². The monoisotopic (exact) mass is 397 g/mol. The third kappa shape index (κ3) is 3.61. The molecule has 3 aromatic rings. The van der Waals surface area contributed by atoms with Gasteiger partial charge in [-0.05, 0) is 56.9 Å². The zero-order valence-corrected chi connectivity index (χ0v) is 17.2. The number of aromatic nitrogens is 4. The Balaban J connectivity index is 1.64. The number of rotatable bonds is 3. The van der Waals surface area contributed by atoms with Gasteiger partial charge < -0.3 is 4.90 Å². The lowest BCUT2D eigenvalue weighted by Crippen LogP contribution is -2.39. The van der Waals surface area contributed by atoms with Gasteiger partial charge in [-0.15, -0.1) is 5.10 Å². The predicted octanol–water partition coefficient (Wildman–Crippen LogP) is 3.86. The zero-order valence-electron chi connectivity index (χ0n) is 16.4. The first-order chi connectivity index (χ1) is 13.4. The number of carbonyl (C=O) groups is 1. The number of hydrogen-bond acceptors (Lipinski definition) is 4. The van der Waals surface area contributed by atoms with E-state index < -0.39 is 0 Å². The molecule has 1 saturated heterocycles. The molecule has 1 aliphatic rings. The van der Waals surface area contributed by atoms with Crippen LogP contribution in [0.15, 0.2) is 24.3 Å². The fraction of sp³-hybridized carbons (Fsp3) is 0.429. The minimum absolute atomic E-state index is 0.164. The van der Waals surface area contributed by atoms with Crippen molar-refractivity contribution in [3.05, 3.63) is 46.2 Å². The Kier molecular flexibility index (Phi) is 5.06. The summed E-state index contributed by atoms with van der Waals surface area (Å²) in [5, 5.41) is 5.29. The van der Waals surface area contributed by atoms with Gasteiger partial charge in [0.15, 0.2) is 5.82 Å². The van der Waals surface area contributed by atoms with Gasteiger partial charge in [0, 0.05) is 40.6 Å². The summed E-state index contributed by atoms with van der Waals surface area (Å²) in [6.45, 7) is 7.85. The quantitative estimate of drug-likeness (QED) is 0.673. The molecular weight excluding hydrogens is 374 g/mol. The van der Waals surface area contributed by atoms with E-state index in [1.54, 1.807) is 4.52 Å². The molecule has 1 aromatic carbocycles. The Bertz CT molecular complexity index is 1020. The van der Waals surface area contributed by atoms with Gasteiger partial charge in [-0.1, -0.05) is 18.5 Å². The van der Waals surface area contributed by atoms with E-state index in [1.807, 2.05) is 43.0 Å². The third-order valence-electron chi connectivity index (χ3n) is 5.62. The first-order valence-electron chi connectivity index (χ1n) is 9.69. The number of fused-ring (bicyclic) bond motifs is 1. The molecular formula is C21H24ClN5O. The maximum absolute atomic E-state index is 12.8. The van der Waals surface area contributed by atoms with Crippen molar-refractivity contribution in [1.29, 1.82) is 0 Å². The molecule has 3 heterocycles. The molecule has 1 aliphatic heterocycles. The molecule has 146 valence electrons. The molecule has 0 radical (unpaired) electrons. The first-order valence-corrected chi connectivity index (χ1v) is 10.1. The molecule has 0 spiro atoms. The summed E-state index contributed by atoms with van der Waals surface area (Å²) in [6, 6.07) is 7.41. The lowest BCUT2D eigenvalue weighted by atomic mass is 9.98. The summed E-state index contributed by atoms with van der Waals surface area (Å²) in [6.07, 6.45) is 2.51. The fourth-order valence-electron chi connectivity index (χ4n) is 3.71. The summed E-state index contributed by atoms with van der Waals surface area (Å²) in [5.74, 6) is 2.01. The maximum Gasteiger partial charge on any atom is 0.253 e. The molecule has 1 fully saturated rings. The van der Waals surface area contributed by atoms with Crippen LogP contribution in [0.4, 0.5) is 0 Å². The number of likely N-dealkylation sites (tertiary alicyclic amines) is 1. The highest BCUT2D eigenvalue weighted by atomic mass is 35.5. The van der Waals surface area contributed by atoms with Crippen LogP contribution in [0.1, 0.15) is 36.7 Å². The van der Waals surface area contributed by atoms with Crippen LogP contribution in [0.25, 0.3) is 17.2 Å². The van der Waals surface area contributed by atoms with Crippen molar-refractivity contribution < 1.29 is 4.79 Å². The zero-order chi connectivity index (χ0) is 19.8. The Morgan fingerprint density at radius 3 is 2.50 bits per heavy atom. The van der Waals surface area contributed by atoms with E-state index in [1.165, 1.54) is 0 Å². The van der Waals surface area contributed by atoms with Crippen LogP contribution in [-0.4, -0.2) is 43.5 Å². The third-order valence-corrected chi connectivity index (χ3v) is 5.87. The number of aryl methyl sites for hydroxylation is 2. The number of carbonyl (C=O) groups excluding carboxylic acids is 1. The van der Waals surface area contributed by atoms with E-state index in [2.05, 4.69) is 22.0 Å². The van der Waals surface area contributed by atoms with E-state index in [9.17, 15) is 4.79 Å². The number of hydrogen-bond donors (Lipinski definition) is 0. The Morgan fingerprint density at radius 2 is 1.82 bits per heavy atom. The maximum atomic E-state index is 12.8. The van der Waals surface area contributed by atoms with Crippen molar-refractivity contribution in [1.82, 2.24) is 24.5 Å². The van der Waals surface area contributed by atoms with Crippen LogP contribution in [0.2, 0.25) is 5.02 Å². The lowest BCUT2D eigenvalue weighted by molar-refractivity contribution is -0.131. The van der Waals surface area contributed by atoms with Crippen molar-refractivity contribution in [2.45, 2.75) is 40.0 Å². The second kappa shape index (κ2) is 7.51. The SMILES string of the molecule is Cc1nc2nc(-c3ccc(Cl)cc3)nn2c(C)c1CC(=O)N1CCC(C)CC1. The average Bonchev–Trinajstić information content (AvgIpc) is 3.10. The largest absolute Gasteiger partial charge is 0.342 e. The van der Waals surface area contributed by atoms with E-state index in [0.29, 0.717) is 29.0 Å². The van der Waals surface area contributed by atoms with Crippen LogP contribution in [0.5, 0.6) is 0 Å². The predicted molar refractivity (Wildman–Crippen MR) is 109 cm³/mol. The van der Waals surface area contributed by atoms with Gasteiger partial charge in [0.2, 0.25) is 5.91 Å². The smallest absolute Gasteiger partial charge is 0.253 e. The second-order valence-corrected chi connectivity index (χ2v) is 8.09. The molecule has 0 unspecified atom stereocenters. The molecule has 6 nitrogen and oxygen atoms in total. The number of halogens is 1. The van der Waals surface area contributed by atoms with Crippen molar-refractivity contribution >= 4 is 23.3 Å². The van der Waals surface area contributed by atoms with Gasteiger partial charge in [0.05, 0.1) is 6.42 Å². The van der Waals surface area contributed by atoms with Crippen LogP contribution in [-0.2, 0) is 11.2 Å². The molecule has 0 bridgehead atoms. The molecule has 0 saturated carbocycles. The summed E-state index contributed by atoms with van der Waals surface area (Å²) in [7, 11) is 0. The van der Waals surface area contributed by atoms with Crippen LogP contribution >= 0.6 is 11.6 Å². The van der Waals surface area contributed by atoms with Gasteiger partial charge in [0.25, 0.3) is 5.78 Å². The molecule has 0 N–H and O–H groups in total. The summed E-state index contributed by atoms with van der Waals surface area (Å²) < 4.78 is 1.73. The summed E-state index contributed by atoms with van der Waals surface area (Å²) >= 11 is 5.97. The molecule has 0 aliphatic carbocycles. The standard InChI is InChI=1S/C21H24ClN5O/c1-13-8-10-26(11-9-13)19(28)12-18-14(2)23-21-24-20(25-27(21)15(18)3)16-4-6-17(22)7-5-16/h4-7,13H,8-12H2,1-3H3. The number of benzene rings is 1. The summed E-state index contributed by atoms with van der Waals surface area (Å²) in [5.41, 5.74) is 3.56. The molecule has 7 heteroatoms. The van der Waals surface area contributed by atoms with Gasteiger partial charge >= 0.3 is 0 Å². The Morgan fingerprint density at radius 1 is 1.14 bits per heavy atom. The highest BCUT2D eigenvalue weighted by Crippen LogP contribution is 2.22. The average molecular weight is 398 g/mol. The van der Waals surface area contributed by atoms with Crippen molar-refractivity contribution in [2.24, 2.45) is 5.92 Å². The van der Waals surface area contributed by atoms with Crippen LogP contribution in [0, 0.1) is 19.8 Å². The van der Waals surface area contributed by atoms with E-state index >= 15 is 0 Å². The molecule has 28 heavy (non-hydrogen) atoms. The lowest BCUT2D eigenvalue weighted by Gasteiger charge is -2.30. The highest BCUT2D eigenvalue weighted by molar-refractivity contribution is 6.30. The molecule has 0 atom stereocenters. The summed E-state index contributed by atoms with van der Waals surface area (Å²) in [4.78, 5) is 23.9. The molecule has 2 aromatic heterocycles. The van der Waals surface area contributed by atoms with Crippen molar-refractivity contribution in [3.8, 4) is 11.4 Å². The molecule has 1 amide bonds. The van der Waals surface area contributed by atoms with Crippen LogP contribution in [0.3, 0.4) is 0 Å². The number of piperidine rings is 1. The van der Waals surface area contributed by atoms with Crippen LogP contribution < -0.4 is 0 Å². The van der Waals surface area contributed by atoms with E-state index in [4.69, 9.17) is 11.6 Å². The Hall–Kier alpha value is -2.47. The minimum atomic E-state index is 0.164.